The predicted octanol–water partition coefficient (Wildman–Crippen LogP) is -0.740. The van der Waals surface area contributed by atoms with Crippen molar-refractivity contribution in [3.8, 4) is 5.75 Å². The zero-order valence-corrected chi connectivity index (χ0v) is 9.17. The van der Waals surface area contributed by atoms with Crippen LogP contribution < -0.4 is 16.2 Å². The van der Waals surface area contributed by atoms with Crippen molar-refractivity contribution in [3.05, 3.63) is 29.8 Å². The number of benzene rings is 1. The number of hydrogen-bond donors (Lipinski definition) is 2. The summed E-state index contributed by atoms with van der Waals surface area (Å²) in [6.45, 7) is 0. The van der Waals surface area contributed by atoms with Gasteiger partial charge in [-0.25, -0.2) is 0 Å². The minimum atomic E-state index is -1.44. The first-order valence-electron chi connectivity index (χ1n) is 4.94. The summed E-state index contributed by atoms with van der Waals surface area (Å²) in [4.78, 5) is 22.5. The second-order valence-electron chi connectivity index (χ2n) is 3.73. The SMILES string of the molecule is COc1cccc(C2(C(N)=O)OC2C(N)=O)c1. The molecule has 0 aliphatic carbocycles. The van der Waals surface area contributed by atoms with Crippen molar-refractivity contribution in [2.45, 2.75) is 11.7 Å². The third-order valence-electron chi connectivity index (χ3n) is 2.74. The maximum Gasteiger partial charge on any atom is 0.257 e. The molecule has 1 aromatic rings. The lowest BCUT2D eigenvalue weighted by Crippen LogP contribution is -2.36. The Hall–Kier alpha value is -2.08. The molecule has 2 rings (SSSR count). The van der Waals surface area contributed by atoms with Gasteiger partial charge >= 0.3 is 0 Å². The minimum Gasteiger partial charge on any atom is -0.497 e. The molecule has 0 bridgehead atoms. The van der Waals surface area contributed by atoms with Crippen LogP contribution in [-0.4, -0.2) is 25.0 Å². The number of primary amides is 2. The number of carbonyl (C=O) groups is 2. The van der Waals surface area contributed by atoms with Gasteiger partial charge in [-0.1, -0.05) is 12.1 Å². The quantitative estimate of drug-likeness (QED) is 0.671. The average molecular weight is 236 g/mol. The molecule has 4 N–H and O–H groups in total. The summed E-state index contributed by atoms with van der Waals surface area (Å²) in [7, 11) is 1.50. The van der Waals surface area contributed by atoms with Crippen LogP contribution in [-0.2, 0) is 19.9 Å². The van der Waals surface area contributed by atoms with Crippen LogP contribution in [0.25, 0.3) is 0 Å². The topological polar surface area (TPSA) is 108 Å². The summed E-state index contributed by atoms with van der Waals surface area (Å²) >= 11 is 0. The molecule has 1 aliphatic heterocycles. The molecular weight excluding hydrogens is 224 g/mol. The lowest BCUT2D eigenvalue weighted by molar-refractivity contribution is -0.124. The molecule has 6 heteroatoms. The van der Waals surface area contributed by atoms with Gasteiger partial charge in [0.15, 0.2) is 6.10 Å². The molecule has 17 heavy (non-hydrogen) atoms. The van der Waals surface area contributed by atoms with Crippen LogP contribution in [0.1, 0.15) is 5.56 Å². The van der Waals surface area contributed by atoms with Crippen LogP contribution >= 0.6 is 0 Å². The highest BCUT2D eigenvalue weighted by atomic mass is 16.6. The second kappa shape index (κ2) is 3.74. The smallest absolute Gasteiger partial charge is 0.257 e. The van der Waals surface area contributed by atoms with E-state index in [-0.39, 0.29) is 0 Å². The maximum absolute atomic E-state index is 11.4. The molecule has 0 radical (unpaired) electrons. The van der Waals surface area contributed by atoms with Gasteiger partial charge in [-0.3, -0.25) is 9.59 Å². The number of rotatable bonds is 4. The van der Waals surface area contributed by atoms with E-state index in [2.05, 4.69) is 0 Å². The number of hydrogen-bond acceptors (Lipinski definition) is 4. The molecule has 90 valence electrons. The molecule has 0 saturated carbocycles. The van der Waals surface area contributed by atoms with E-state index in [0.717, 1.165) is 0 Å². The molecule has 0 spiro atoms. The number of amides is 2. The Morgan fingerprint density at radius 1 is 1.41 bits per heavy atom. The summed E-state index contributed by atoms with van der Waals surface area (Å²) in [5, 5.41) is 0. The molecule has 1 heterocycles. The Kier molecular flexibility index (Phi) is 2.51. The Morgan fingerprint density at radius 2 is 2.12 bits per heavy atom. The van der Waals surface area contributed by atoms with E-state index in [1.54, 1.807) is 24.3 Å². The lowest BCUT2D eigenvalue weighted by atomic mass is 9.94. The van der Waals surface area contributed by atoms with Crippen LogP contribution in [0.4, 0.5) is 0 Å². The average Bonchev–Trinajstić information content (AvgIpc) is 3.06. The van der Waals surface area contributed by atoms with Crippen LogP contribution in [0.2, 0.25) is 0 Å². The molecule has 1 aromatic carbocycles. The van der Waals surface area contributed by atoms with Crippen LogP contribution in [0, 0.1) is 0 Å². The third-order valence-corrected chi connectivity index (χ3v) is 2.74. The zero-order valence-electron chi connectivity index (χ0n) is 9.17. The summed E-state index contributed by atoms with van der Waals surface area (Å²) in [5.41, 5.74) is 9.41. The second-order valence-corrected chi connectivity index (χ2v) is 3.73. The lowest BCUT2D eigenvalue weighted by Gasteiger charge is -2.10. The first-order valence-corrected chi connectivity index (χ1v) is 4.94. The van der Waals surface area contributed by atoms with E-state index >= 15 is 0 Å². The van der Waals surface area contributed by atoms with Gasteiger partial charge in [0.25, 0.3) is 11.8 Å². The van der Waals surface area contributed by atoms with Gasteiger partial charge in [-0.2, -0.15) is 0 Å². The number of ether oxygens (including phenoxy) is 2. The summed E-state index contributed by atoms with van der Waals surface area (Å²) < 4.78 is 10.1. The van der Waals surface area contributed by atoms with Gasteiger partial charge in [0.2, 0.25) is 5.60 Å². The van der Waals surface area contributed by atoms with Gasteiger partial charge in [0.05, 0.1) is 7.11 Å². The highest BCUT2D eigenvalue weighted by Crippen LogP contribution is 2.46. The van der Waals surface area contributed by atoms with E-state index in [0.29, 0.717) is 11.3 Å². The van der Waals surface area contributed by atoms with Gasteiger partial charge in [0.1, 0.15) is 5.75 Å². The van der Waals surface area contributed by atoms with E-state index in [9.17, 15) is 9.59 Å². The normalized spacial score (nSPS) is 26.3. The fourth-order valence-electron chi connectivity index (χ4n) is 1.81. The largest absolute Gasteiger partial charge is 0.497 e. The number of methoxy groups -OCH3 is 1. The summed E-state index contributed by atoms with van der Waals surface area (Å²) in [5.74, 6) is -0.914. The fraction of sp³-hybridized carbons (Fsp3) is 0.273. The molecule has 2 unspecified atom stereocenters. The number of nitrogens with two attached hydrogens (primary N) is 2. The Labute approximate surface area is 97.5 Å². The number of epoxide rings is 1. The predicted molar refractivity (Wildman–Crippen MR) is 57.9 cm³/mol. The molecule has 0 aromatic heterocycles. The Bertz CT molecular complexity index is 488. The van der Waals surface area contributed by atoms with E-state index < -0.39 is 23.5 Å². The molecular formula is C11H12N2O4. The number of carbonyl (C=O) groups excluding carboxylic acids is 2. The maximum atomic E-state index is 11.4. The summed E-state index contributed by atoms with van der Waals surface area (Å²) in [6.07, 6.45) is -1.01. The molecule has 1 saturated heterocycles. The van der Waals surface area contributed by atoms with E-state index in [1.807, 2.05) is 0 Å². The van der Waals surface area contributed by atoms with Crippen molar-refractivity contribution in [3.63, 3.8) is 0 Å². The van der Waals surface area contributed by atoms with Crippen LogP contribution in [0.5, 0.6) is 5.75 Å². The van der Waals surface area contributed by atoms with E-state index in [1.165, 1.54) is 7.11 Å². The standard InChI is InChI=1S/C11H12N2O4/c1-16-7-4-2-3-6(5-7)11(10(13)15)8(17-11)9(12)14/h2-5,8H,1H3,(H2,12,14)(H2,13,15). The Morgan fingerprint density at radius 3 is 2.59 bits per heavy atom. The highest BCUT2D eigenvalue weighted by molar-refractivity contribution is 5.98. The highest BCUT2D eigenvalue weighted by Gasteiger charge is 2.66. The van der Waals surface area contributed by atoms with Crippen molar-refractivity contribution in [1.29, 1.82) is 0 Å². The monoisotopic (exact) mass is 236 g/mol. The molecule has 1 fully saturated rings. The van der Waals surface area contributed by atoms with Crippen LogP contribution in [0.15, 0.2) is 24.3 Å². The molecule has 2 amide bonds. The van der Waals surface area contributed by atoms with E-state index in [4.69, 9.17) is 20.9 Å². The minimum absolute atomic E-state index is 0.466. The van der Waals surface area contributed by atoms with Crippen molar-refractivity contribution < 1.29 is 19.1 Å². The molecule has 6 nitrogen and oxygen atoms in total. The first-order chi connectivity index (χ1) is 8.02. The summed E-state index contributed by atoms with van der Waals surface area (Å²) in [6, 6.07) is 6.61. The zero-order chi connectivity index (χ0) is 12.6. The van der Waals surface area contributed by atoms with Gasteiger partial charge in [-0.15, -0.1) is 0 Å². The molecule has 2 atom stereocenters. The van der Waals surface area contributed by atoms with Crippen molar-refractivity contribution in [2.24, 2.45) is 11.5 Å². The van der Waals surface area contributed by atoms with Crippen LogP contribution in [0.3, 0.4) is 0 Å². The van der Waals surface area contributed by atoms with Gasteiger partial charge in [0, 0.05) is 5.56 Å². The van der Waals surface area contributed by atoms with Crippen molar-refractivity contribution in [2.75, 3.05) is 7.11 Å². The Balaban J connectivity index is 2.42. The van der Waals surface area contributed by atoms with Crippen molar-refractivity contribution in [1.82, 2.24) is 0 Å². The third kappa shape index (κ3) is 1.62. The van der Waals surface area contributed by atoms with Gasteiger partial charge < -0.3 is 20.9 Å². The van der Waals surface area contributed by atoms with Gasteiger partial charge in [-0.05, 0) is 12.1 Å². The fourth-order valence-corrected chi connectivity index (χ4v) is 1.81. The first kappa shape index (κ1) is 11.4. The molecule has 1 aliphatic rings. The van der Waals surface area contributed by atoms with Crippen molar-refractivity contribution >= 4 is 11.8 Å².